The number of anilines is 1. The van der Waals surface area contributed by atoms with Crippen LogP contribution in [0.3, 0.4) is 0 Å². The molecule has 1 nitrogen and oxygen atoms in total. The second-order valence-corrected chi connectivity index (χ2v) is 5.10. The van der Waals surface area contributed by atoms with Crippen molar-refractivity contribution in [2.24, 2.45) is 0 Å². The van der Waals surface area contributed by atoms with Crippen LogP contribution in [-0.4, -0.2) is 0 Å². The second kappa shape index (κ2) is 5.84. The number of hydrogen-bond acceptors (Lipinski definition) is 1. The molecule has 6 heteroatoms. The molecular weight excluding hydrogens is 343 g/mol. The van der Waals surface area contributed by atoms with Crippen LogP contribution in [-0.2, 0) is 6.54 Å². The van der Waals surface area contributed by atoms with Crippen molar-refractivity contribution >= 4 is 33.2 Å². The molecule has 0 aliphatic carbocycles. The van der Waals surface area contributed by atoms with Gasteiger partial charge in [-0.2, -0.15) is 0 Å². The zero-order valence-corrected chi connectivity index (χ0v) is 11.8. The topological polar surface area (TPSA) is 12.0 Å². The van der Waals surface area contributed by atoms with Crippen LogP contribution >= 0.6 is 27.5 Å². The van der Waals surface area contributed by atoms with E-state index in [0.29, 0.717) is 10.6 Å². The van der Waals surface area contributed by atoms with Crippen molar-refractivity contribution in [1.82, 2.24) is 0 Å². The van der Waals surface area contributed by atoms with E-state index in [4.69, 9.17) is 11.6 Å². The molecule has 1 N–H and O–H groups in total. The van der Waals surface area contributed by atoms with Crippen molar-refractivity contribution < 1.29 is 13.2 Å². The molecule has 100 valence electrons. The van der Waals surface area contributed by atoms with Crippen molar-refractivity contribution in [3.8, 4) is 0 Å². The molecule has 0 radical (unpaired) electrons. The summed E-state index contributed by atoms with van der Waals surface area (Å²) in [5, 5.41) is 3.11. The Morgan fingerprint density at radius 2 is 1.79 bits per heavy atom. The number of halogens is 5. The number of hydrogen-bond donors (Lipinski definition) is 1. The minimum atomic E-state index is -0.728. The molecule has 0 amide bonds. The summed E-state index contributed by atoms with van der Waals surface area (Å²) < 4.78 is 39.7. The average molecular weight is 351 g/mol. The van der Waals surface area contributed by atoms with E-state index in [2.05, 4.69) is 21.2 Å². The monoisotopic (exact) mass is 349 g/mol. The van der Waals surface area contributed by atoms with Gasteiger partial charge in [-0.05, 0) is 45.8 Å². The van der Waals surface area contributed by atoms with Crippen LogP contribution in [0.2, 0.25) is 5.02 Å². The highest BCUT2D eigenvalue weighted by Gasteiger charge is 2.09. The van der Waals surface area contributed by atoms with Gasteiger partial charge < -0.3 is 5.32 Å². The molecule has 2 aromatic carbocycles. The smallest absolute Gasteiger partial charge is 0.149 e. The van der Waals surface area contributed by atoms with Gasteiger partial charge in [0.2, 0.25) is 0 Å². The predicted octanol–water partition coefficient (Wildman–Crippen LogP) is 5.13. The lowest BCUT2D eigenvalue weighted by atomic mass is 10.2. The zero-order chi connectivity index (χ0) is 14.0. The molecule has 0 saturated carbocycles. The molecule has 0 spiro atoms. The summed E-state index contributed by atoms with van der Waals surface area (Å²) >= 11 is 8.85. The largest absolute Gasteiger partial charge is 0.379 e. The standard InChI is InChI=1S/C13H8BrClF3N/c14-9-4-13(12(18)5-11(9)17)19-6-7-3-8(16)1-2-10(7)15/h1-5,19H,6H2. The Morgan fingerprint density at radius 3 is 2.53 bits per heavy atom. The van der Waals surface area contributed by atoms with Gasteiger partial charge in [-0.15, -0.1) is 0 Å². The molecule has 0 saturated heterocycles. The molecule has 0 bridgehead atoms. The summed E-state index contributed by atoms with van der Waals surface area (Å²) in [7, 11) is 0. The van der Waals surface area contributed by atoms with E-state index in [1.807, 2.05) is 0 Å². The van der Waals surface area contributed by atoms with Crippen molar-refractivity contribution in [3.63, 3.8) is 0 Å². The molecule has 19 heavy (non-hydrogen) atoms. The van der Waals surface area contributed by atoms with Crippen molar-refractivity contribution in [2.45, 2.75) is 6.54 Å². The Labute approximate surface area is 121 Å². The van der Waals surface area contributed by atoms with Gasteiger partial charge in [0.25, 0.3) is 0 Å². The van der Waals surface area contributed by atoms with Gasteiger partial charge in [0.1, 0.15) is 17.5 Å². The Morgan fingerprint density at radius 1 is 1.05 bits per heavy atom. The molecule has 0 aromatic heterocycles. The van der Waals surface area contributed by atoms with E-state index in [9.17, 15) is 13.2 Å². The Kier molecular flexibility index (Phi) is 4.37. The first-order chi connectivity index (χ1) is 8.97. The maximum atomic E-state index is 13.5. The van der Waals surface area contributed by atoms with Crippen LogP contribution in [0.25, 0.3) is 0 Å². The fourth-order valence-corrected chi connectivity index (χ4v) is 2.06. The van der Waals surface area contributed by atoms with E-state index >= 15 is 0 Å². The van der Waals surface area contributed by atoms with Gasteiger partial charge in [0.15, 0.2) is 0 Å². The molecular formula is C13H8BrClF3N. The minimum absolute atomic E-state index is 0.105. The first-order valence-corrected chi connectivity index (χ1v) is 6.47. The number of benzene rings is 2. The van der Waals surface area contributed by atoms with Gasteiger partial charge >= 0.3 is 0 Å². The summed E-state index contributed by atoms with van der Waals surface area (Å²) in [6.45, 7) is 0.131. The summed E-state index contributed by atoms with van der Waals surface area (Å²) in [4.78, 5) is 0. The minimum Gasteiger partial charge on any atom is -0.379 e. The number of nitrogens with one attached hydrogen (secondary N) is 1. The normalized spacial score (nSPS) is 10.6. The van der Waals surface area contributed by atoms with Crippen molar-refractivity contribution in [3.05, 3.63) is 62.8 Å². The highest BCUT2D eigenvalue weighted by molar-refractivity contribution is 9.10. The van der Waals surface area contributed by atoms with E-state index in [1.54, 1.807) is 0 Å². The maximum absolute atomic E-state index is 13.5. The van der Waals surface area contributed by atoms with Crippen molar-refractivity contribution in [2.75, 3.05) is 5.32 Å². The van der Waals surface area contributed by atoms with Crippen LogP contribution < -0.4 is 5.32 Å². The molecule has 0 aliphatic rings. The lowest BCUT2D eigenvalue weighted by Gasteiger charge is -2.10. The number of rotatable bonds is 3. The molecule has 0 fully saturated rings. The summed E-state index contributed by atoms with van der Waals surface area (Å²) in [6.07, 6.45) is 0. The highest BCUT2D eigenvalue weighted by atomic mass is 79.9. The third-order valence-corrected chi connectivity index (χ3v) is 3.46. The third kappa shape index (κ3) is 3.42. The SMILES string of the molecule is Fc1ccc(Cl)c(CNc2cc(Br)c(F)cc2F)c1. The van der Waals surface area contributed by atoms with E-state index in [-0.39, 0.29) is 16.7 Å². The molecule has 0 atom stereocenters. The molecule has 2 rings (SSSR count). The van der Waals surface area contributed by atoms with Gasteiger partial charge in [0.05, 0.1) is 10.2 Å². The van der Waals surface area contributed by atoms with E-state index < -0.39 is 17.5 Å². The maximum Gasteiger partial charge on any atom is 0.149 e. The quantitative estimate of drug-likeness (QED) is 0.757. The van der Waals surface area contributed by atoms with E-state index in [0.717, 1.165) is 6.07 Å². The van der Waals surface area contributed by atoms with Crippen LogP contribution in [0.5, 0.6) is 0 Å². The second-order valence-electron chi connectivity index (χ2n) is 3.84. The first-order valence-electron chi connectivity index (χ1n) is 5.29. The first kappa shape index (κ1) is 14.2. The average Bonchev–Trinajstić information content (AvgIpc) is 2.36. The van der Waals surface area contributed by atoms with Gasteiger partial charge in [-0.25, -0.2) is 13.2 Å². The van der Waals surface area contributed by atoms with Crippen LogP contribution in [0.4, 0.5) is 18.9 Å². The van der Waals surface area contributed by atoms with Crippen LogP contribution in [0.1, 0.15) is 5.56 Å². The molecule has 0 aliphatic heterocycles. The van der Waals surface area contributed by atoms with Gasteiger partial charge in [-0.1, -0.05) is 11.6 Å². The fourth-order valence-electron chi connectivity index (χ4n) is 1.53. The van der Waals surface area contributed by atoms with Crippen LogP contribution in [0.15, 0.2) is 34.8 Å². The summed E-state index contributed by atoms with van der Waals surface area (Å²) in [5.41, 5.74) is 0.593. The zero-order valence-electron chi connectivity index (χ0n) is 9.48. The highest BCUT2D eigenvalue weighted by Crippen LogP contribution is 2.25. The summed E-state index contributed by atoms with van der Waals surface area (Å²) in [5.74, 6) is -1.85. The molecule has 0 heterocycles. The Balaban J connectivity index is 2.19. The van der Waals surface area contributed by atoms with Crippen molar-refractivity contribution in [1.29, 1.82) is 0 Å². The lowest BCUT2D eigenvalue weighted by molar-refractivity contribution is 0.580. The van der Waals surface area contributed by atoms with Gasteiger partial charge in [0, 0.05) is 17.6 Å². The van der Waals surface area contributed by atoms with Crippen LogP contribution in [0, 0.1) is 17.5 Å². The molecule has 0 unspecified atom stereocenters. The summed E-state index contributed by atoms with van der Waals surface area (Å²) in [6, 6.07) is 5.95. The fraction of sp³-hybridized carbons (Fsp3) is 0.0769. The molecule has 2 aromatic rings. The Hall–Kier alpha value is -1.20. The predicted molar refractivity (Wildman–Crippen MR) is 72.8 cm³/mol. The van der Waals surface area contributed by atoms with Gasteiger partial charge in [-0.3, -0.25) is 0 Å². The third-order valence-electron chi connectivity index (χ3n) is 2.49. The lowest BCUT2D eigenvalue weighted by Crippen LogP contribution is -2.03. The Bertz CT molecular complexity index is 619. The van der Waals surface area contributed by atoms with E-state index in [1.165, 1.54) is 24.3 Å².